The van der Waals surface area contributed by atoms with Crippen LogP contribution >= 0.6 is 34.2 Å². The van der Waals surface area contributed by atoms with Crippen LogP contribution in [0.5, 0.6) is 5.75 Å². The molecule has 1 N–H and O–H groups in total. The van der Waals surface area contributed by atoms with E-state index in [2.05, 4.69) is 33.1 Å². The van der Waals surface area contributed by atoms with E-state index in [1.807, 2.05) is 0 Å². The minimum Gasteiger partial charge on any atom is -0.495 e. The van der Waals surface area contributed by atoms with Crippen LogP contribution in [0.15, 0.2) is 17.2 Å². The van der Waals surface area contributed by atoms with E-state index in [1.54, 1.807) is 24.3 Å². The average Bonchev–Trinajstić information content (AvgIpc) is 2.32. The van der Waals surface area contributed by atoms with E-state index >= 15 is 0 Å². The Hall–Kier alpha value is -1.51. The van der Waals surface area contributed by atoms with Crippen LogP contribution in [0.4, 0.5) is 5.69 Å². The van der Waals surface area contributed by atoms with Gasteiger partial charge in [-0.3, -0.25) is 5.43 Å². The maximum Gasteiger partial charge on any atom is 0.237 e. The molecule has 1 aromatic carbocycles. The lowest BCUT2D eigenvalue weighted by molar-refractivity contribution is 0.415. The smallest absolute Gasteiger partial charge is 0.237 e. The number of methoxy groups -OCH3 is 1. The highest BCUT2D eigenvalue weighted by Crippen LogP contribution is 2.31. The largest absolute Gasteiger partial charge is 0.495 e. The van der Waals surface area contributed by atoms with Crippen LogP contribution in [0.25, 0.3) is 0 Å². The molecule has 1 aromatic rings. The van der Waals surface area contributed by atoms with Crippen molar-refractivity contribution in [2.24, 2.45) is 5.10 Å². The van der Waals surface area contributed by atoms with Gasteiger partial charge in [0.1, 0.15) is 17.9 Å². The Morgan fingerprint density at radius 3 is 2.65 bits per heavy atom. The lowest BCUT2D eigenvalue weighted by atomic mass is 10.3. The van der Waals surface area contributed by atoms with Crippen LogP contribution in [-0.4, -0.2) is 12.8 Å². The van der Waals surface area contributed by atoms with Crippen LogP contribution in [-0.2, 0) is 0 Å². The molecule has 0 aliphatic rings. The number of hydrazone groups is 1. The monoisotopic (exact) mass is 360 g/mol. The van der Waals surface area contributed by atoms with E-state index in [-0.39, 0.29) is 5.71 Å². The third-order valence-corrected chi connectivity index (χ3v) is 2.93. The van der Waals surface area contributed by atoms with E-state index in [1.165, 1.54) is 7.11 Å². The fraction of sp³-hybridized carbons (Fsp3) is 0.100. The second-order valence-electron chi connectivity index (χ2n) is 2.76. The fourth-order valence-electron chi connectivity index (χ4n) is 0.962. The Kier molecular flexibility index (Phi) is 5.01. The van der Waals surface area contributed by atoms with E-state index < -0.39 is 0 Å². The van der Waals surface area contributed by atoms with Crippen molar-refractivity contribution in [3.05, 3.63) is 20.7 Å². The predicted octanol–water partition coefficient (Wildman–Crippen LogP) is 2.77. The molecule has 0 radical (unpaired) electrons. The van der Waals surface area contributed by atoms with Crippen LogP contribution < -0.4 is 10.2 Å². The quantitative estimate of drug-likeness (QED) is 0.510. The number of hydrogen-bond acceptors (Lipinski definition) is 5. The summed E-state index contributed by atoms with van der Waals surface area (Å²) >= 11 is 7.97. The first kappa shape index (κ1) is 13.6. The van der Waals surface area contributed by atoms with E-state index in [4.69, 9.17) is 26.9 Å². The molecule has 0 aliphatic heterocycles. The highest BCUT2D eigenvalue weighted by Gasteiger charge is 2.07. The Bertz CT molecular complexity index is 528. The van der Waals surface area contributed by atoms with Gasteiger partial charge in [-0.05, 0) is 28.7 Å². The van der Waals surface area contributed by atoms with Crippen molar-refractivity contribution >= 4 is 45.6 Å². The number of halogens is 2. The Balaban J connectivity index is 3.05. The molecule has 0 aliphatic carbocycles. The minimum atomic E-state index is -0.255. The predicted molar refractivity (Wildman–Crippen MR) is 73.0 cm³/mol. The van der Waals surface area contributed by atoms with Gasteiger partial charge in [0.25, 0.3) is 0 Å². The molecule has 0 fully saturated rings. The molecular weight excluding hydrogens is 354 g/mol. The van der Waals surface area contributed by atoms with E-state index in [0.29, 0.717) is 16.5 Å². The fourth-order valence-corrected chi connectivity index (χ4v) is 1.97. The first-order valence-corrected chi connectivity index (χ1v) is 5.75. The topological polar surface area (TPSA) is 81.2 Å². The average molecular weight is 361 g/mol. The molecule has 0 saturated heterocycles. The summed E-state index contributed by atoms with van der Waals surface area (Å²) in [5.74, 6) is 0.486. The Morgan fingerprint density at radius 2 is 2.12 bits per heavy atom. The number of benzene rings is 1. The second kappa shape index (κ2) is 6.28. The number of nitriles is 2. The normalized spacial score (nSPS) is 8.76. The molecule has 0 unspecified atom stereocenters. The van der Waals surface area contributed by atoms with Crippen LogP contribution in [0.1, 0.15) is 0 Å². The molecule has 7 heteroatoms. The number of nitrogens with zero attached hydrogens (tertiary/aromatic N) is 3. The number of hydrogen-bond donors (Lipinski definition) is 1. The first-order valence-electron chi connectivity index (χ1n) is 4.29. The lowest BCUT2D eigenvalue weighted by Gasteiger charge is -2.08. The van der Waals surface area contributed by atoms with E-state index in [9.17, 15) is 0 Å². The second-order valence-corrected chi connectivity index (χ2v) is 4.33. The molecule has 1 rings (SSSR count). The molecular formula is C10H6ClIN4O. The van der Waals surface area contributed by atoms with Crippen molar-refractivity contribution in [1.82, 2.24) is 0 Å². The van der Waals surface area contributed by atoms with Crippen molar-refractivity contribution < 1.29 is 4.74 Å². The minimum absolute atomic E-state index is 0.255. The molecule has 17 heavy (non-hydrogen) atoms. The molecule has 0 spiro atoms. The number of rotatable bonds is 3. The van der Waals surface area contributed by atoms with E-state index in [0.717, 1.165) is 3.57 Å². The summed E-state index contributed by atoms with van der Waals surface area (Å²) in [5.41, 5.74) is 2.97. The summed E-state index contributed by atoms with van der Waals surface area (Å²) < 4.78 is 5.84. The van der Waals surface area contributed by atoms with Crippen molar-refractivity contribution in [3.8, 4) is 17.9 Å². The van der Waals surface area contributed by atoms with Crippen molar-refractivity contribution in [2.45, 2.75) is 0 Å². The molecule has 0 amide bonds. The van der Waals surface area contributed by atoms with Gasteiger partial charge in [-0.2, -0.15) is 15.6 Å². The summed E-state index contributed by atoms with van der Waals surface area (Å²) in [6, 6.07) is 6.63. The van der Waals surface area contributed by atoms with Gasteiger partial charge in [0.05, 0.1) is 17.8 Å². The Morgan fingerprint density at radius 1 is 1.47 bits per heavy atom. The van der Waals surface area contributed by atoms with Crippen LogP contribution in [0, 0.1) is 26.2 Å². The molecule has 0 saturated carbocycles. The zero-order chi connectivity index (χ0) is 12.8. The summed E-state index contributed by atoms with van der Waals surface area (Å²) in [4.78, 5) is 0. The summed E-state index contributed by atoms with van der Waals surface area (Å²) in [7, 11) is 1.50. The molecule has 5 nitrogen and oxygen atoms in total. The molecule has 86 valence electrons. The highest BCUT2D eigenvalue weighted by molar-refractivity contribution is 14.1. The zero-order valence-electron chi connectivity index (χ0n) is 8.66. The van der Waals surface area contributed by atoms with Gasteiger partial charge in [-0.25, -0.2) is 0 Å². The number of anilines is 1. The van der Waals surface area contributed by atoms with Crippen molar-refractivity contribution in [3.63, 3.8) is 0 Å². The van der Waals surface area contributed by atoms with Crippen LogP contribution in [0.2, 0.25) is 5.02 Å². The van der Waals surface area contributed by atoms with Crippen molar-refractivity contribution in [1.29, 1.82) is 10.5 Å². The molecule has 0 aromatic heterocycles. The number of ether oxygens (including phenoxy) is 1. The SMILES string of the molecule is COc1cc(NN=C(C#N)C#N)c(I)cc1Cl. The van der Waals surface area contributed by atoms with Gasteiger partial charge in [0.15, 0.2) is 0 Å². The van der Waals surface area contributed by atoms with Gasteiger partial charge < -0.3 is 4.74 Å². The van der Waals surface area contributed by atoms with Gasteiger partial charge in [0.2, 0.25) is 5.71 Å². The summed E-state index contributed by atoms with van der Waals surface area (Å²) in [6.45, 7) is 0. The lowest BCUT2D eigenvalue weighted by Crippen LogP contribution is -1.98. The van der Waals surface area contributed by atoms with Gasteiger partial charge in [0, 0.05) is 9.64 Å². The molecule has 0 bridgehead atoms. The highest BCUT2D eigenvalue weighted by atomic mass is 127. The first-order chi connectivity index (χ1) is 8.12. The van der Waals surface area contributed by atoms with Gasteiger partial charge >= 0.3 is 0 Å². The van der Waals surface area contributed by atoms with Gasteiger partial charge in [-0.1, -0.05) is 11.6 Å². The van der Waals surface area contributed by atoms with Crippen molar-refractivity contribution in [2.75, 3.05) is 12.5 Å². The molecule has 0 atom stereocenters. The molecule has 0 heterocycles. The Labute approximate surface area is 117 Å². The third kappa shape index (κ3) is 3.48. The maximum absolute atomic E-state index is 8.53. The zero-order valence-corrected chi connectivity index (χ0v) is 11.6. The van der Waals surface area contributed by atoms with Crippen LogP contribution in [0.3, 0.4) is 0 Å². The van der Waals surface area contributed by atoms with Gasteiger partial charge in [-0.15, -0.1) is 0 Å². The maximum atomic E-state index is 8.53. The summed E-state index contributed by atoms with van der Waals surface area (Å²) in [5, 5.41) is 21.2. The number of nitrogens with one attached hydrogen (secondary N) is 1. The third-order valence-electron chi connectivity index (χ3n) is 1.74. The summed E-state index contributed by atoms with van der Waals surface area (Å²) in [6.07, 6.45) is 0. The standard InChI is InChI=1S/C10H6ClIN4O/c1-17-10-3-9(8(12)2-7(10)11)16-15-6(4-13)5-14/h2-3,16H,1H3.